The van der Waals surface area contributed by atoms with Crippen molar-refractivity contribution in [1.82, 2.24) is 9.21 Å². The summed E-state index contributed by atoms with van der Waals surface area (Å²) in [7, 11) is -2.35. The summed E-state index contributed by atoms with van der Waals surface area (Å²) < 4.78 is 39.2. The third kappa shape index (κ3) is 2.75. The molecule has 110 valence electrons. The zero-order valence-corrected chi connectivity index (χ0v) is 11.9. The largest absolute Gasteiger partial charge is 0.398 e. The van der Waals surface area contributed by atoms with E-state index in [0.29, 0.717) is 13.0 Å². The van der Waals surface area contributed by atoms with Crippen LogP contribution in [0, 0.1) is 5.82 Å². The van der Waals surface area contributed by atoms with E-state index in [1.807, 2.05) is 0 Å². The number of carbonyl (C=O) groups excluding carboxylic acids is 1. The Hall–Kier alpha value is -1.67. The fraction of sp³-hybridized carbons (Fsp3) is 0.417. The first kappa shape index (κ1) is 14.7. The molecule has 1 aromatic rings. The number of hydrogen-bond donors (Lipinski definition) is 1. The molecule has 0 radical (unpaired) electrons. The van der Waals surface area contributed by atoms with Crippen molar-refractivity contribution in [2.24, 2.45) is 0 Å². The molecule has 1 fully saturated rings. The van der Waals surface area contributed by atoms with Gasteiger partial charge in [0.1, 0.15) is 10.7 Å². The van der Waals surface area contributed by atoms with Crippen molar-refractivity contribution in [1.29, 1.82) is 0 Å². The Balaban J connectivity index is 2.39. The summed E-state index contributed by atoms with van der Waals surface area (Å²) in [5.41, 5.74) is 5.58. The number of rotatable bonds is 2. The van der Waals surface area contributed by atoms with Crippen LogP contribution in [0.4, 0.5) is 10.1 Å². The molecule has 0 aliphatic carbocycles. The van der Waals surface area contributed by atoms with Gasteiger partial charge in [-0.3, -0.25) is 4.79 Å². The zero-order valence-electron chi connectivity index (χ0n) is 11.0. The molecular formula is C12H16FN3O3S. The molecule has 0 spiro atoms. The summed E-state index contributed by atoms with van der Waals surface area (Å²) in [5, 5.41) is 0. The van der Waals surface area contributed by atoms with E-state index in [1.54, 1.807) is 7.05 Å². The van der Waals surface area contributed by atoms with Gasteiger partial charge in [0, 0.05) is 20.1 Å². The lowest BCUT2D eigenvalue weighted by molar-refractivity contribution is -0.129. The van der Waals surface area contributed by atoms with Crippen molar-refractivity contribution in [3.8, 4) is 0 Å². The number of nitrogens with zero attached hydrogens (tertiary/aromatic N) is 2. The average molecular weight is 301 g/mol. The first-order chi connectivity index (χ1) is 9.32. The maximum Gasteiger partial charge on any atom is 0.245 e. The van der Waals surface area contributed by atoms with Crippen molar-refractivity contribution in [3.05, 3.63) is 24.0 Å². The second kappa shape index (κ2) is 5.37. The number of likely N-dealkylation sites (N-methyl/N-ethyl adjacent to an activating group) is 1. The van der Waals surface area contributed by atoms with Crippen molar-refractivity contribution >= 4 is 21.6 Å². The topological polar surface area (TPSA) is 83.7 Å². The van der Waals surface area contributed by atoms with E-state index >= 15 is 0 Å². The highest BCUT2D eigenvalue weighted by Gasteiger charge is 2.31. The van der Waals surface area contributed by atoms with Crippen molar-refractivity contribution in [2.45, 2.75) is 11.3 Å². The van der Waals surface area contributed by atoms with Crippen molar-refractivity contribution in [2.75, 3.05) is 32.4 Å². The smallest absolute Gasteiger partial charge is 0.245 e. The molecule has 20 heavy (non-hydrogen) atoms. The standard InChI is InChI=1S/C12H16FN3O3S/c1-15-5-2-6-16(8-12(15)17)20(18,19)11-7-9(13)3-4-10(11)14/h3-4,7H,2,5-6,8,14H2,1H3. The molecule has 1 heterocycles. The van der Waals surface area contributed by atoms with Crippen LogP contribution in [0.1, 0.15) is 6.42 Å². The Morgan fingerprint density at radius 3 is 2.70 bits per heavy atom. The molecule has 1 saturated heterocycles. The van der Waals surface area contributed by atoms with E-state index in [-0.39, 0.29) is 29.6 Å². The maximum absolute atomic E-state index is 13.2. The second-order valence-corrected chi connectivity index (χ2v) is 6.60. The van der Waals surface area contributed by atoms with Gasteiger partial charge in [-0.2, -0.15) is 4.31 Å². The van der Waals surface area contributed by atoms with Crippen LogP contribution in [0.3, 0.4) is 0 Å². The van der Waals surface area contributed by atoms with E-state index in [4.69, 9.17) is 5.73 Å². The van der Waals surface area contributed by atoms with Gasteiger partial charge >= 0.3 is 0 Å². The number of amides is 1. The third-order valence-electron chi connectivity index (χ3n) is 3.23. The van der Waals surface area contributed by atoms with Crippen LogP contribution in [-0.2, 0) is 14.8 Å². The fourth-order valence-corrected chi connectivity index (χ4v) is 3.59. The average Bonchev–Trinajstić information content (AvgIpc) is 2.55. The Morgan fingerprint density at radius 2 is 2.00 bits per heavy atom. The second-order valence-electron chi connectivity index (χ2n) is 4.69. The van der Waals surface area contributed by atoms with Gasteiger partial charge in [0.15, 0.2) is 0 Å². The normalized spacial score (nSPS) is 18.1. The lowest BCUT2D eigenvalue weighted by Crippen LogP contribution is -2.38. The summed E-state index contributed by atoms with van der Waals surface area (Å²) in [6.07, 6.45) is 0.524. The molecule has 0 atom stereocenters. The quantitative estimate of drug-likeness (QED) is 0.794. The van der Waals surface area contributed by atoms with E-state index in [1.165, 1.54) is 11.0 Å². The lowest BCUT2D eigenvalue weighted by Gasteiger charge is -2.20. The lowest BCUT2D eigenvalue weighted by atomic mass is 10.3. The number of nitrogen functional groups attached to an aromatic ring is 1. The number of sulfonamides is 1. The molecular weight excluding hydrogens is 285 g/mol. The number of benzene rings is 1. The summed E-state index contributed by atoms with van der Waals surface area (Å²) in [6.45, 7) is 0.437. The van der Waals surface area contributed by atoms with Crippen molar-refractivity contribution < 1.29 is 17.6 Å². The minimum Gasteiger partial charge on any atom is -0.398 e. The van der Waals surface area contributed by atoms with Crippen LogP contribution in [-0.4, -0.2) is 50.2 Å². The number of carbonyl (C=O) groups is 1. The first-order valence-corrected chi connectivity index (χ1v) is 7.55. The highest BCUT2D eigenvalue weighted by Crippen LogP contribution is 2.24. The molecule has 1 aliphatic heterocycles. The highest BCUT2D eigenvalue weighted by molar-refractivity contribution is 7.89. The molecule has 0 bridgehead atoms. The minimum atomic E-state index is -3.97. The molecule has 1 amide bonds. The minimum absolute atomic E-state index is 0.0311. The number of hydrogen-bond acceptors (Lipinski definition) is 4. The van der Waals surface area contributed by atoms with Crippen LogP contribution in [0.2, 0.25) is 0 Å². The Bertz CT molecular complexity index is 633. The van der Waals surface area contributed by atoms with Gasteiger partial charge in [-0.1, -0.05) is 0 Å². The molecule has 1 aromatic carbocycles. The SMILES string of the molecule is CN1CCCN(S(=O)(=O)c2cc(F)ccc2N)CC1=O. The monoisotopic (exact) mass is 301 g/mol. The zero-order chi connectivity index (χ0) is 14.9. The Morgan fingerprint density at radius 1 is 1.30 bits per heavy atom. The summed E-state index contributed by atoms with van der Waals surface area (Å²) in [4.78, 5) is 12.9. The number of halogens is 1. The van der Waals surface area contributed by atoms with Crippen LogP contribution in [0.15, 0.2) is 23.1 Å². The van der Waals surface area contributed by atoms with Gasteiger partial charge in [-0.25, -0.2) is 12.8 Å². The third-order valence-corrected chi connectivity index (χ3v) is 5.13. The van der Waals surface area contributed by atoms with E-state index in [0.717, 1.165) is 16.4 Å². The molecule has 8 heteroatoms. The molecule has 0 aromatic heterocycles. The van der Waals surface area contributed by atoms with Crippen LogP contribution < -0.4 is 5.73 Å². The maximum atomic E-state index is 13.2. The molecule has 0 saturated carbocycles. The first-order valence-electron chi connectivity index (χ1n) is 6.11. The molecule has 6 nitrogen and oxygen atoms in total. The summed E-state index contributed by atoms with van der Waals surface area (Å²) in [6, 6.07) is 3.17. The van der Waals surface area contributed by atoms with Gasteiger partial charge in [-0.05, 0) is 24.6 Å². The van der Waals surface area contributed by atoms with E-state index < -0.39 is 15.8 Å². The number of nitrogens with two attached hydrogens (primary N) is 1. The fourth-order valence-electron chi connectivity index (χ4n) is 2.04. The van der Waals surface area contributed by atoms with Gasteiger partial charge < -0.3 is 10.6 Å². The summed E-state index contributed by atoms with van der Waals surface area (Å²) >= 11 is 0. The van der Waals surface area contributed by atoms with Crippen molar-refractivity contribution in [3.63, 3.8) is 0 Å². The van der Waals surface area contributed by atoms with Crippen LogP contribution >= 0.6 is 0 Å². The highest BCUT2D eigenvalue weighted by atomic mass is 32.2. The molecule has 1 aliphatic rings. The summed E-state index contributed by atoms with van der Waals surface area (Å²) in [5.74, 6) is -0.975. The molecule has 2 rings (SSSR count). The predicted octanol–water partition coefficient (Wildman–Crippen LogP) is 0.261. The number of anilines is 1. The van der Waals surface area contributed by atoms with Gasteiger partial charge in [-0.15, -0.1) is 0 Å². The molecule has 2 N–H and O–H groups in total. The Kier molecular flexibility index (Phi) is 3.96. The Labute approximate surface area is 117 Å². The predicted molar refractivity (Wildman–Crippen MR) is 71.8 cm³/mol. The van der Waals surface area contributed by atoms with Gasteiger partial charge in [0.2, 0.25) is 15.9 Å². The molecule has 0 unspecified atom stereocenters. The van der Waals surface area contributed by atoms with Crippen LogP contribution in [0.25, 0.3) is 0 Å². The van der Waals surface area contributed by atoms with Crippen LogP contribution in [0.5, 0.6) is 0 Å². The van der Waals surface area contributed by atoms with E-state index in [2.05, 4.69) is 0 Å². The van der Waals surface area contributed by atoms with E-state index in [9.17, 15) is 17.6 Å². The van der Waals surface area contributed by atoms with Gasteiger partial charge in [0.05, 0.1) is 12.2 Å². The van der Waals surface area contributed by atoms with Gasteiger partial charge in [0.25, 0.3) is 0 Å².